The molecule has 0 bridgehead atoms. The lowest BCUT2D eigenvalue weighted by atomic mass is 9.95. The summed E-state index contributed by atoms with van der Waals surface area (Å²) in [4.78, 5) is 20.6. The van der Waals surface area contributed by atoms with Gasteiger partial charge in [0, 0.05) is 52.0 Å². The highest BCUT2D eigenvalue weighted by atomic mass is 32.1. The molecule has 6 heteroatoms. The number of thiophene rings is 1. The fourth-order valence-electron chi connectivity index (χ4n) is 4.29. The van der Waals surface area contributed by atoms with Crippen molar-refractivity contribution in [2.75, 3.05) is 58.3 Å². The number of hydrogen-bond acceptors (Lipinski definition) is 5. The minimum Gasteiger partial charge on any atom is -0.374 e. The molecule has 2 aliphatic rings. The van der Waals surface area contributed by atoms with Crippen LogP contribution >= 0.6 is 11.3 Å². The van der Waals surface area contributed by atoms with E-state index >= 15 is 0 Å². The van der Waals surface area contributed by atoms with Crippen LogP contribution in [0.5, 0.6) is 0 Å². The molecule has 2 aromatic rings. The van der Waals surface area contributed by atoms with Crippen molar-refractivity contribution in [3.63, 3.8) is 0 Å². The molecule has 2 aliphatic heterocycles. The molecule has 5 nitrogen and oxygen atoms in total. The molecular formula is C22H30N4OS. The van der Waals surface area contributed by atoms with E-state index < -0.39 is 0 Å². The number of benzene rings is 1. The molecular weight excluding hydrogens is 368 g/mol. The van der Waals surface area contributed by atoms with Crippen molar-refractivity contribution in [3.8, 4) is 0 Å². The molecule has 28 heavy (non-hydrogen) atoms. The Bertz CT molecular complexity index is 799. The summed E-state index contributed by atoms with van der Waals surface area (Å²) in [6.45, 7) is 5.99. The van der Waals surface area contributed by atoms with Crippen LogP contribution in [0.25, 0.3) is 0 Å². The quantitative estimate of drug-likeness (QED) is 0.841. The predicted octanol–water partition coefficient (Wildman–Crippen LogP) is 2.85. The maximum Gasteiger partial charge on any atom is 0.261 e. The zero-order valence-electron chi connectivity index (χ0n) is 16.9. The number of nitrogens with one attached hydrogen (secondary N) is 1. The number of aryl methyl sites for hydroxylation is 1. The molecule has 1 aromatic carbocycles. The number of fused-ring (bicyclic) bond motifs is 1. The molecule has 1 aromatic heterocycles. The van der Waals surface area contributed by atoms with E-state index in [1.807, 2.05) is 17.5 Å². The SMILES string of the molecule is CN1CCN([C@@H](CNC(=O)c2cccs2)c2ccc3c(c2)CCCN3C)CC1. The second-order valence-electron chi connectivity index (χ2n) is 7.96. The highest BCUT2D eigenvalue weighted by Gasteiger charge is 2.26. The molecule has 1 saturated heterocycles. The van der Waals surface area contributed by atoms with E-state index in [1.54, 1.807) is 0 Å². The largest absolute Gasteiger partial charge is 0.374 e. The van der Waals surface area contributed by atoms with E-state index in [4.69, 9.17) is 0 Å². The molecule has 1 atom stereocenters. The summed E-state index contributed by atoms with van der Waals surface area (Å²) in [7, 11) is 4.36. The summed E-state index contributed by atoms with van der Waals surface area (Å²) in [6, 6.07) is 11.0. The van der Waals surface area contributed by atoms with Gasteiger partial charge in [-0.3, -0.25) is 9.69 Å². The lowest BCUT2D eigenvalue weighted by molar-refractivity contribution is 0.0889. The fourth-order valence-corrected chi connectivity index (χ4v) is 4.93. The standard InChI is InChI=1S/C22H30N4OS/c1-24-10-12-26(13-11-24)20(16-23-22(27)21-6-4-14-28-21)18-7-8-19-17(15-18)5-3-9-25(19)2/h4,6-8,14-15,20H,3,5,9-13,16H2,1-2H3,(H,23,27)/t20-/m0/s1. The monoisotopic (exact) mass is 398 g/mol. The third-order valence-electron chi connectivity index (χ3n) is 6.02. The number of likely N-dealkylation sites (N-methyl/N-ethyl adjacent to an activating group) is 1. The highest BCUT2D eigenvalue weighted by molar-refractivity contribution is 7.12. The van der Waals surface area contributed by atoms with Gasteiger partial charge in [0.25, 0.3) is 5.91 Å². The number of piperazine rings is 1. The normalized spacial score (nSPS) is 19.3. The van der Waals surface area contributed by atoms with Crippen LogP contribution in [0.2, 0.25) is 0 Å². The molecule has 1 N–H and O–H groups in total. The summed E-state index contributed by atoms with van der Waals surface area (Å²) >= 11 is 1.50. The fraction of sp³-hybridized carbons (Fsp3) is 0.500. The van der Waals surface area contributed by atoms with Crippen LogP contribution in [0.1, 0.15) is 33.3 Å². The Hall–Kier alpha value is -1.89. The number of anilines is 1. The average Bonchev–Trinajstić information content (AvgIpc) is 3.24. The first-order valence-corrected chi connectivity index (χ1v) is 11.1. The van der Waals surface area contributed by atoms with Crippen LogP contribution in [0, 0.1) is 0 Å². The molecule has 1 amide bonds. The van der Waals surface area contributed by atoms with Gasteiger partial charge in [-0.1, -0.05) is 18.2 Å². The van der Waals surface area contributed by atoms with Crippen LogP contribution in [-0.4, -0.2) is 69.1 Å². The Kier molecular flexibility index (Phi) is 5.99. The smallest absolute Gasteiger partial charge is 0.261 e. The summed E-state index contributed by atoms with van der Waals surface area (Å²) in [5, 5.41) is 5.14. The Morgan fingerprint density at radius 2 is 1.96 bits per heavy atom. The van der Waals surface area contributed by atoms with Crippen LogP contribution in [0.4, 0.5) is 5.69 Å². The molecule has 0 aliphatic carbocycles. The minimum atomic E-state index is 0.0341. The summed E-state index contributed by atoms with van der Waals surface area (Å²) in [6.07, 6.45) is 2.35. The van der Waals surface area contributed by atoms with Crippen molar-refractivity contribution in [2.24, 2.45) is 0 Å². The Morgan fingerprint density at radius 1 is 1.14 bits per heavy atom. The van der Waals surface area contributed by atoms with Gasteiger partial charge in [0.2, 0.25) is 0 Å². The lowest BCUT2D eigenvalue weighted by Gasteiger charge is -2.39. The van der Waals surface area contributed by atoms with Crippen molar-refractivity contribution < 1.29 is 4.79 Å². The molecule has 1 fully saturated rings. The maximum absolute atomic E-state index is 12.5. The van der Waals surface area contributed by atoms with Gasteiger partial charge in [-0.2, -0.15) is 0 Å². The van der Waals surface area contributed by atoms with E-state index in [2.05, 4.69) is 52.3 Å². The Morgan fingerprint density at radius 3 is 2.71 bits per heavy atom. The summed E-state index contributed by atoms with van der Waals surface area (Å²) in [5.41, 5.74) is 4.12. The molecule has 0 radical (unpaired) electrons. The van der Waals surface area contributed by atoms with Gasteiger partial charge >= 0.3 is 0 Å². The van der Waals surface area contributed by atoms with Crippen LogP contribution in [-0.2, 0) is 6.42 Å². The third kappa shape index (κ3) is 4.24. The first-order valence-electron chi connectivity index (χ1n) is 10.2. The van der Waals surface area contributed by atoms with Gasteiger partial charge in [0.1, 0.15) is 0 Å². The zero-order chi connectivity index (χ0) is 19.5. The van der Waals surface area contributed by atoms with Crippen LogP contribution < -0.4 is 10.2 Å². The number of nitrogens with zero attached hydrogens (tertiary/aromatic N) is 3. The van der Waals surface area contributed by atoms with E-state index in [0.717, 1.165) is 44.0 Å². The zero-order valence-corrected chi connectivity index (χ0v) is 17.7. The summed E-state index contributed by atoms with van der Waals surface area (Å²) < 4.78 is 0. The maximum atomic E-state index is 12.5. The van der Waals surface area contributed by atoms with Gasteiger partial charge in [0.05, 0.1) is 10.9 Å². The second-order valence-corrected chi connectivity index (χ2v) is 8.90. The van der Waals surface area contributed by atoms with Crippen molar-refractivity contribution in [1.82, 2.24) is 15.1 Å². The third-order valence-corrected chi connectivity index (χ3v) is 6.89. The van der Waals surface area contributed by atoms with Gasteiger partial charge in [-0.15, -0.1) is 11.3 Å². The predicted molar refractivity (Wildman–Crippen MR) is 116 cm³/mol. The molecule has 0 saturated carbocycles. The van der Waals surface area contributed by atoms with Gasteiger partial charge in [-0.25, -0.2) is 0 Å². The number of amides is 1. The van der Waals surface area contributed by atoms with Crippen molar-refractivity contribution >= 4 is 22.9 Å². The van der Waals surface area contributed by atoms with Crippen LogP contribution in [0.3, 0.4) is 0 Å². The highest BCUT2D eigenvalue weighted by Crippen LogP contribution is 2.31. The van der Waals surface area contributed by atoms with Crippen molar-refractivity contribution in [3.05, 3.63) is 51.7 Å². The topological polar surface area (TPSA) is 38.8 Å². The van der Waals surface area contributed by atoms with E-state index in [-0.39, 0.29) is 11.9 Å². The van der Waals surface area contributed by atoms with Crippen LogP contribution in [0.15, 0.2) is 35.7 Å². The molecule has 0 spiro atoms. The van der Waals surface area contributed by atoms with Crippen molar-refractivity contribution in [2.45, 2.75) is 18.9 Å². The minimum absolute atomic E-state index is 0.0341. The lowest BCUT2D eigenvalue weighted by Crippen LogP contribution is -2.48. The van der Waals surface area contributed by atoms with E-state index in [9.17, 15) is 4.79 Å². The first kappa shape index (κ1) is 19.4. The number of hydrogen-bond donors (Lipinski definition) is 1. The Labute approximate surface area is 171 Å². The first-order chi connectivity index (χ1) is 13.6. The van der Waals surface area contributed by atoms with Gasteiger partial charge in [-0.05, 0) is 48.5 Å². The average molecular weight is 399 g/mol. The molecule has 3 heterocycles. The van der Waals surface area contributed by atoms with E-state index in [0.29, 0.717) is 6.54 Å². The number of carbonyl (C=O) groups is 1. The second kappa shape index (κ2) is 8.64. The van der Waals surface area contributed by atoms with Gasteiger partial charge < -0.3 is 15.1 Å². The number of rotatable bonds is 5. The molecule has 150 valence electrons. The Balaban J connectivity index is 1.55. The molecule has 0 unspecified atom stereocenters. The molecule has 4 rings (SSSR count). The van der Waals surface area contributed by atoms with Gasteiger partial charge in [0.15, 0.2) is 0 Å². The van der Waals surface area contributed by atoms with E-state index in [1.165, 1.54) is 34.6 Å². The number of carbonyl (C=O) groups excluding carboxylic acids is 1. The summed E-state index contributed by atoms with van der Waals surface area (Å²) in [5.74, 6) is 0.0341. The van der Waals surface area contributed by atoms with Crippen molar-refractivity contribution in [1.29, 1.82) is 0 Å².